The summed E-state index contributed by atoms with van der Waals surface area (Å²) in [5.74, 6) is 0.413. The Morgan fingerprint density at radius 3 is 1.70 bits per heavy atom. The molecule has 0 fully saturated rings. The van der Waals surface area contributed by atoms with Crippen LogP contribution >= 0.6 is 0 Å². The lowest BCUT2D eigenvalue weighted by Crippen LogP contribution is -2.50. The molecular formula is C24H34O3. The van der Waals surface area contributed by atoms with Gasteiger partial charge in [-0.15, -0.1) is 0 Å². The molecule has 2 aromatic rings. The molecule has 0 saturated carbocycles. The van der Waals surface area contributed by atoms with Crippen molar-refractivity contribution >= 4 is 0 Å². The maximum atomic E-state index is 6.27. The summed E-state index contributed by atoms with van der Waals surface area (Å²) in [4.78, 5) is 0. The van der Waals surface area contributed by atoms with E-state index in [2.05, 4.69) is 13.8 Å². The second-order valence-corrected chi connectivity index (χ2v) is 7.10. The highest BCUT2D eigenvalue weighted by molar-refractivity contribution is 5.24. The molecule has 3 heteroatoms. The van der Waals surface area contributed by atoms with E-state index in [0.29, 0.717) is 0 Å². The van der Waals surface area contributed by atoms with Crippen molar-refractivity contribution in [2.45, 2.75) is 64.8 Å². The van der Waals surface area contributed by atoms with Gasteiger partial charge in [0, 0.05) is 7.11 Å². The number of para-hydroxylation sites is 2. The van der Waals surface area contributed by atoms with Gasteiger partial charge in [-0.3, -0.25) is 0 Å². The van der Waals surface area contributed by atoms with Crippen molar-refractivity contribution in [1.82, 2.24) is 0 Å². The van der Waals surface area contributed by atoms with Crippen LogP contribution in [0.25, 0.3) is 0 Å². The Balaban J connectivity index is 2.07. The molecule has 0 bridgehead atoms. The maximum absolute atomic E-state index is 6.27. The Morgan fingerprint density at radius 2 is 1.22 bits per heavy atom. The number of hydrogen-bond donors (Lipinski definition) is 0. The predicted octanol–water partition coefficient (Wildman–Crippen LogP) is 6.83. The van der Waals surface area contributed by atoms with Gasteiger partial charge in [-0.2, -0.15) is 0 Å². The Hall–Kier alpha value is -2.00. The summed E-state index contributed by atoms with van der Waals surface area (Å²) in [7, 11) is 1.66. The second kappa shape index (κ2) is 11.7. The van der Waals surface area contributed by atoms with Crippen LogP contribution in [0.5, 0.6) is 11.5 Å². The van der Waals surface area contributed by atoms with Gasteiger partial charge in [0.05, 0.1) is 5.92 Å². The molecule has 0 aliphatic carbocycles. The topological polar surface area (TPSA) is 27.7 Å². The summed E-state index contributed by atoms with van der Waals surface area (Å²) >= 11 is 0. The van der Waals surface area contributed by atoms with E-state index in [1.54, 1.807) is 7.11 Å². The first-order chi connectivity index (χ1) is 13.2. The zero-order chi connectivity index (χ0) is 19.4. The van der Waals surface area contributed by atoms with Crippen LogP contribution in [0.1, 0.15) is 58.8 Å². The molecule has 1 unspecified atom stereocenters. The van der Waals surface area contributed by atoms with Crippen LogP contribution in [0.4, 0.5) is 0 Å². The number of rotatable bonds is 13. The minimum Gasteiger partial charge on any atom is -0.430 e. The van der Waals surface area contributed by atoms with Gasteiger partial charge < -0.3 is 14.2 Å². The summed E-state index contributed by atoms with van der Waals surface area (Å²) in [6.45, 7) is 4.39. The molecule has 0 spiro atoms. The van der Waals surface area contributed by atoms with E-state index in [9.17, 15) is 0 Å². The van der Waals surface area contributed by atoms with Crippen molar-refractivity contribution < 1.29 is 14.2 Å². The van der Waals surface area contributed by atoms with Crippen molar-refractivity contribution in [3.05, 3.63) is 60.7 Å². The molecule has 0 radical (unpaired) electrons. The number of methoxy groups -OCH3 is 1. The van der Waals surface area contributed by atoms with Crippen molar-refractivity contribution in [3.63, 3.8) is 0 Å². The molecule has 0 saturated heterocycles. The highest BCUT2D eigenvalue weighted by Gasteiger charge is 2.42. The fourth-order valence-electron chi connectivity index (χ4n) is 3.22. The lowest BCUT2D eigenvalue weighted by molar-refractivity contribution is -0.317. The maximum Gasteiger partial charge on any atom is 0.374 e. The molecule has 148 valence electrons. The fourth-order valence-corrected chi connectivity index (χ4v) is 3.22. The van der Waals surface area contributed by atoms with Crippen LogP contribution in [0.15, 0.2) is 60.7 Å². The Morgan fingerprint density at radius 1 is 0.741 bits per heavy atom. The second-order valence-electron chi connectivity index (χ2n) is 7.10. The standard InChI is InChI=1S/C24H34O3/c1-4-5-6-7-8-11-16-21(2)24(25-3,26-22-17-12-9-13-18-22)27-23-19-14-10-15-20-23/h9-10,12-15,17-21H,4-8,11,16H2,1-3H3. The summed E-state index contributed by atoms with van der Waals surface area (Å²) in [6.07, 6.45) is 8.58. The normalized spacial score (nSPS) is 12.6. The first-order valence-electron chi connectivity index (χ1n) is 10.2. The highest BCUT2D eigenvalue weighted by Crippen LogP contribution is 2.32. The highest BCUT2D eigenvalue weighted by atomic mass is 16.9. The molecule has 3 nitrogen and oxygen atoms in total. The molecule has 0 heterocycles. The van der Waals surface area contributed by atoms with E-state index in [4.69, 9.17) is 14.2 Å². The molecular weight excluding hydrogens is 336 g/mol. The number of benzene rings is 2. The molecule has 0 N–H and O–H groups in total. The van der Waals surface area contributed by atoms with Gasteiger partial charge in [0.15, 0.2) is 0 Å². The molecule has 0 aliphatic rings. The van der Waals surface area contributed by atoms with Crippen LogP contribution in [0, 0.1) is 5.92 Å². The average Bonchev–Trinajstić information content (AvgIpc) is 2.71. The number of unbranched alkanes of at least 4 members (excludes halogenated alkanes) is 5. The van der Waals surface area contributed by atoms with Gasteiger partial charge in [-0.25, -0.2) is 0 Å². The zero-order valence-electron chi connectivity index (χ0n) is 17.0. The Bertz CT molecular complexity index is 571. The summed E-state index contributed by atoms with van der Waals surface area (Å²) in [6, 6.07) is 19.5. The van der Waals surface area contributed by atoms with Crippen LogP contribution in [-0.2, 0) is 4.74 Å². The SMILES string of the molecule is CCCCCCCCC(C)C(OC)(Oc1ccccc1)Oc1ccccc1. The van der Waals surface area contributed by atoms with E-state index in [-0.39, 0.29) is 5.92 Å². The smallest absolute Gasteiger partial charge is 0.374 e. The quantitative estimate of drug-likeness (QED) is 0.286. The third kappa shape index (κ3) is 6.91. The van der Waals surface area contributed by atoms with Crippen LogP contribution in [-0.4, -0.2) is 13.1 Å². The summed E-state index contributed by atoms with van der Waals surface area (Å²) in [5, 5.41) is 0. The van der Waals surface area contributed by atoms with Crippen LogP contribution in [0.2, 0.25) is 0 Å². The number of hydrogen-bond acceptors (Lipinski definition) is 3. The van der Waals surface area contributed by atoms with Gasteiger partial charge in [0.2, 0.25) is 0 Å². The first kappa shape index (κ1) is 21.3. The van der Waals surface area contributed by atoms with E-state index in [1.807, 2.05) is 60.7 Å². The van der Waals surface area contributed by atoms with Crippen molar-refractivity contribution in [3.8, 4) is 11.5 Å². The summed E-state index contributed by atoms with van der Waals surface area (Å²) in [5.41, 5.74) is 0. The molecule has 0 aliphatic heterocycles. The molecule has 2 aromatic carbocycles. The molecule has 0 amide bonds. The van der Waals surface area contributed by atoms with Gasteiger partial charge >= 0.3 is 5.97 Å². The monoisotopic (exact) mass is 370 g/mol. The first-order valence-corrected chi connectivity index (χ1v) is 10.2. The van der Waals surface area contributed by atoms with Crippen LogP contribution in [0.3, 0.4) is 0 Å². The lowest BCUT2D eigenvalue weighted by atomic mass is 9.99. The third-order valence-electron chi connectivity index (χ3n) is 4.89. The lowest BCUT2D eigenvalue weighted by Gasteiger charge is -2.37. The van der Waals surface area contributed by atoms with E-state index < -0.39 is 5.97 Å². The van der Waals surface area contributed by atoms with E-state index in [1.165, 1.54) is 32.1 Å². The molecule has 27 heavy (non-hydrogen) atoms. The van der Waals surface area contributed by atoms with Crippen LogP contribution < -0.4 is 9.47 Å². The minimum absolute atomic E-state index is 0.0779. The molecule has 2 rings (SSSR count). The third-order valence-corrected chi connectivity index (χ3v) is 4.89. The van der Waals surface area contributed by atoms with Gasteiger partial charge in [-0.05, 0) is 30.7 Å². The minimum atomic E-state index is -1.15. The van der Waals surface area contributed by atoms with E-state index >= 15 is 0 Å². The van der Waals surface area contributed by atoms with Crippen molar-refractivity contribution in [2.24, 2.45) is 5.92 Å². The Labute approximate surface area is 164 Å². The molecule has 1 atom stereocenters. The average molecular weight is 371 g/mol. The number of ether oxygens (including phenoxy) is 3. The van der Waals surface area contributed by atoms with Gasteiger partial charge in [0.25, 0.3) is 0 Å². The fraction of sp³-hybridized carbons (Fsp3) is 0.500. The van der Waals surface area contributed by atoms with E-state index in [0.717, 1.165) is 24.3 Å². The zero-order valence-corrected chi connectivity index (χ0v) is 17.0. The molecule has 0 aromatic heterocycles. The largest absolute Gasteiger partial charge is 0.430 e. The van der Waals surface area contributed by atoms with Crippen molar-refractivity contribution in [1.29, 1.82) is 0 Å². The summed E-state index contributed by atoms with van der Waals surface area (Å²) < 4.78 is 18.4. The van der Waals surface area contributed by atoms with Crippen molar-refractivity contribution in [2.75, 3.05) is 7.11 Å². The van der Waals surface area contributed by atoms with Gasteiger partial charge in [-0.1, -0.05) is 88.8 Å². The Kier molecular flexibility index (Phi) is 9.20. The predicted molar refractivity (Wildman–Crippen MR) is 111 cm³/mol. The van der Waals surface area contributed by atoms with Gasteiger partial charge in [0.1, 0.15) is 11.5 Å².